The number of benzene rings is 11. The molecule has 1 heterocycles. The van der Waals surface area contributed by atoms with Gasteiger partial charge in [-0.1, -0.05) is 182 Å². The predicted molar refractivity (Wildman–Crippen MR) is 268 cm³/mol. The van der Waals surface area contributed by atoms with Gasteiger partial charge < -0.3 is 4.90 Å². The van der Waals surface area contributed by atoms with E-state index in [1.54, 1.807) is 0 Å². The van der Waals surface area contributed by atoms with Crippen molar-refractivity contribution in [3.05, 3.63) is 237 Å². The van der Waals surface area contributed by atoms with Crippen molar-refractivity contribution >= 4 is 80.9 Å². The van der Waals surface area contributed by atoms with Gasteiger partial charge in [0.05, 0.1) is 0 Å². The second-order valence-electron chi connectivity index (χ2n) is 16.1. The smallest absolute Gasteiger partial charge is 0.0476 e. The minimum atomic E-state index is 1.11. The summed E-state index contributed by atoms with van der Waals surface area (Å²) in [6, 6.07) is 86.8. The Morgan fingerprint density at radius 2 is 0.726 bits per heavy atom. The van der Waals surface area contributed by atoms with Crippen LogP contribution in [0, 0.1) is 0 Å². The molecule has 0 aliphatic carbocycles. The van der Waals surface area contributed by atoms with Crippen molar-refractivity contribution in [2.24, 2.45) is 0 Å². The van der Waals surface area contributed by atoms with E-state index in [-0.39, 0.29) is 0 Å². The number of rotatable bonds is 7. The largest absolute Gasteiger partial charge is 0.310 e. The van der Waals surface area contributed by atoms with Crippen LogP contribution in [0.2, 0.25) is 0 Å². The van der Waals surface area contributed by atoms with E-state index in [0.29, 0.717) is 0 Å². The average molecular weight is 806 g/mol. The normalized spacial score (nSPS) is 11.5. The van der Waals surface area contributed by atoms with Gasteiger partial charge in [-0.3, -0.25) is 0 Å². The van der Waals surface area contributed by atoms with Crippen LogP contribution in [-0.4, -0.2) is 0 Å². The Morgan fingerprint density at radius 3 is 1.50 bits per heavy atom. The zero-order chi connectivity index (χ0) is 41.0. The summed E-state index contributed by atoms with van der Waals surface area (Å²) in [6.45, 7) is 0. The van der Waals surface area contributed by atoms with E-state index < -0.39 is 0 Å². The lowest BCUT2D eigenvalue weighted by molar-refractivity contribution is 1.30. The highest BCUT2D eigenvalue weighted by Crippen LogP contribution is 2.47. The fourth-order valence-corrected chi connectivity index (χ4v) is 10.6. The van der Waals surface area contributed by atoms with E-state index in [9.17, 15) is 0 Å². The van der Waals surface area contributed by atoms with Gasteiger partial charge in [-0.2, -0.15) is 0 Å². The summed E-state index contributed by atoms with van der Waals surface area (Å²) in [5, 5.41) is 10.0. The van der Waals surface area contributed by atoms with E-state index >= 15 is 0 Å². The van der Waals surface area contributed by atoms with E-state index in [1.165, 1.54) is 97.0 Å². The maximum Gasteiger partial charge on any atom is 0.0476 e. The van der Waals surface area contributed by atoms with Gasteiger partial charge in [0.15, 0.2) is 0 Å². The quantitative estimate of drug-likeness (QED) is 0.145. The monoisotopic (exact) mass is 805 g/mol. The second kappa shape index (κ2) is 15.0. The van der Waals surface area contributed by atoms with Gasteiger partial charge in [-0.15, -0.1) is 11.3 Å². The molecule has 0 bridgehead atoms. The first-order valence-electron chi connectivity index (χ1n) is 21.2. The molecule has 12 rings (SSSR count). The van der Waals surface area contributed by atoms with Crippen molar-refractivity contribution in [3.63, 3.8) is 0 Å². The van der Waals surface area contributed by atoms with Crippen molar-refractivity contribution in [1.29, 1.82) is 0 Å². The molecule has 290 valence electrons. The molecule has 11 aromatic carbocycles. The van der Waals surface area contributed by atoms with Gasteiger partial charge in [-0.05, 0) is 131 Å². The molecule has 0 fully saturated rings. The molecule has 1 nitrogen and oxygen atoms in total. The summed E-state index contributed by atoms with van der Waals surface area (Å²) in [5.41, 5.74) is 13.1. The topological polar surface area (TPSA) is 3.24 Å². The SMILES string of the molecule is c1ccc(-c2ccc3cc(N(c4cccc(-c5ccc6c(c5)c(-c5ccccc5)c(-c5ccccc5)c5ccccc56)c4)c4ccc5c(c4)sc4ccccc45)ccc3c2)cc1. The molecule has 0 saturated heterocycles. The van der Waals surface area contributed by atoms with Crippen LogP contribution in [0.5, 0.6) is 0 Å². The van der Waals surface area contributed by atoms with E-state index in [4.69, 9.17) is 0 Å². The Morgan fingerprint density at radius 1 is 0.242 bits per heavy atom. The van der Waals surface area contributed by atoms with Gasteiger partial charge >= 0.3 is 0 Å². The molecule has 62 heavy (non-hydrogen) atoms. The third kappa shape index (κ3) is 6.24. The van der Waals surface area contributed by atoms with Crippen molar-refractivity contribution in [2.45, 2.75) is 0 Å². The van der Waals surface area contributed by atoms with Crippen LogP contribution in [0.1, 0.15) is 0 Å². The van der Waals surface area contributed by atoms with Crippen molar-refractivity contribution in [3.8, 4) is 44.5 Å². The molecule has 0 N–H and O–H groups in total. The van der Waals surface area contributed by atoms with E-state index in [0.717, 1.165) is 17.1 Å². The van der Waals surface area contributed by atoms with Crippen LogP contribution in [0.25, 0.3) is 97.0 Å². The minimum absolute atomic E-state index is 1.11. The maximum atomic E-state index is 2.43. The number of nitrogens with zero attached hydrogens (tertiary/aromatic N) is 1. The molecule has 0 spiro atoms. The van der Waals surface area contributed by atoms with Gasteiger partial charge in [0.2, 0.25) is 0 Å². The molecule has 0 aliphatic rings. The fraction of sp³-hybridized carbons (Fsp3) is 0. The Bertz CT molecular complexity index is 3630. The summed E-state index contributed by atoms with van der Waals surface area (Å²) >= 11 is 1.86. The number of fused-ring (bicyclic) bond motifs is 7. The molecule has 0 aliphatic heterocycles. The number of anilines is 3. The first kappa shape index (κ1) is 36.1. The van der Waals surface area contributed by atoms with E-state index in [1.807, 2.05) is 11.3 Å². The molecule has 0 atom stereocenters. The van der Waals surface area contributed by atoms with Crippen LogP contribution in [0.4, 0.5) is 17.1 Å². The average Bonchev–Trinajstić information content (AvgIpc) is 3.72. The standard InChI is InChI=1S/C60H39NS/c1-4-15-40(16-5-1)44-27-28-46-37-49(31-29-45(46)35-44)61(50-32-34-54-53-24-12-13-26-57(53)62-58(54)39-50)48-22-14-21-43(36-48)47-30-33-52-51-23-10-11-25-55(51)59(41-17-6-2-7-18-41)60(56(52)38-47)42-19-8-3-9-20-42/h1-39H. The second-order valence-corrected chi connectivity index (χ2v) is 17.1. The van der Waals surface area contributed by atoms with Gasteiger partial charge in [-0.25, -0.2) is 0 Å². The zero-order valence-corrected chi connectivity index (χ0v) is 34.7. The molecular weight excluding hydrogens is 767 g/mol. The summed E-state index contributed by atoms with van der Waals surface area (Å²) < 4.78 is 2.59. The molecule has 1 aromatic heterocycles. The first-order chi connectivity index (χ1) is 30.7. The molecule has 2 heteroatoms. The third-order valence-corrected chi connectivity index (χ3v) is 13.5. The third-order valence-electron chi connectivity index (χ3n) is 12.4. The van der Waals surface area contributed by atoms with Crippen LogP contribution in [-0.2, 0) is 0 Å². The van der Waals surface area contributed by atoms with Gasteiger partial charge in [0, 0.05) is 37.2 Å². The van der Waals surface area contributed by atoms with E-state index in [2.05, 4.69) is 241 Å². The summed E-state index contributed by atoms with van der Waals surface area (Å²) in [7, 11) is 0. The lowest BCUT2D eigenvalue weighted by Gasteiger charge is -2.26. The summed E-state index contributed by atoms with van der Waals surface area (Å²) in [5.74, 6) is 0. The molecule has 0 saturated carbocycles. The Hall–Kier alpha value is -7.78. The zero-order valence-electron chi connectivity index (χ0n) is 33.9. The summed E-state index contributed by atoms with van der Waals surface area (Å²) in [6.07, 6.45) is 0. The van der Waals surface area contributed by atoms with Crippen molar-refractivity contribution < 1.29 is 0 Å². The lowest BCUT2D eigenvalue weighted by atomic mass is 9.84. The van der Waals surface area contributed by atoms with Crippen LogP contribution < -0.4 is 4.90 Å². The minimum Gasteiger partial charge on any atom is -0.310 e. The lowest BCUT2D eigenvalue weighted by Crippen LogP contribution is -2.10. The number of thiophene rings is 1. The van der Waals surface area contributed by atoms with Crippen LogP contribution in [0.15, 0.2) is 237 Å². The number of hydrogen-bond acceptors (Lipinski definition) is 2. The van der Waals surface area contributed by atoms with Crippen LogP contribution >= 0.6 is 11.3 Å². The Kier molecular flexibility index (Phi) is 8.76. The number of hydrogen-bond donors (Lipinski definition) is 0. The maximum absolute atomic E-state index is 2.43. The highest BCUT2D eigenvalue weighted by Gasteiger charge is 2.20. The Labute approximate surface area is 365 Å². The first-order valence-corrected chi connectivity index (χ1v) is 22.1. The fourth-order valence-electron chi connectivity index (χ4n) is 9.49. The van der Waals surface area contributed by atoms with Gasteiger partial charge in [0.1, 0.15) is 0 Å². The predicted octanol–water partition coefficient (Wildman–Crippen LogP) is 17.7. The Balaban J connectivity index is 1.04. The molecule has 0 unspecified atom stereocenters. The molecule has 0 radical (unpaired) electrons. The summed E-state index contributed by atoms with van der Waals surface area (Å²) in [4.78, 5) is 2.43. The highest BCUT2D eigenvalue weighted by atomic mass is 32.1. The molecule has 12 aromatic rings. The molecule has 0 amide bonds. The van der Waals surface area contributed by atoms with Crippen molar-refractivity contribution in [1.82, 2.24) is 0 Å². The van der Waals surface area contributed by atoms with Crippen LogP contribution in [0.3, 0.4) is 0 Å². The van der Waals surface area contributed by atoms with Crippen molar-refractivity contribution in [2.75, 3.05) is 4.90 Å². The highest BCUT2D eigenvalue weighted by molar-refractivity contribution is 7.25. The molecular formula is C60H39NS. The van der Waals surface area contributed by atoms with Gasteiger partial charge in [0.25, 0.3) is 0 Å².